The number of nitrogens with one attached hydrogen (secondary N) is 1. The number of hydrogen-bond donors (Lipinski definition) is 2. The van der Waals surface area contributed by atoms with Gasteiger partial charge in [-0.3, -0.25) is 9.69 Å². The van der Waals surface area contributed by atoms with Gasteiger partial charge in [0.15, 0.2) is 0 Å². The van der Waals surface area contributed by atoms with Crippen LogP contribution in [0.25, 0.3) is 0 Å². The molecule has 4 heteroatoms. The first kappa shape index (κ1) is 15.2. The minimum Gasteiger partial charge on any atom is -0.370 e. The van der Waals surface area contributed by atoms with Crippen LogP contribution in [0.1, 0.15) is 39.5 Å². The molecule has 0 saturated carbocycles. The van der Waals surface area contributed by atoms with Crippen LogP contribution < -0.4 is 11.1 Å². The summed E-state index contributed by atoms with van der Waals surface area (Å²) in [5, 5.41) is 3.51. The molecule has 1 aliphatic rings. The van der Waals surface area contributed by atoms with Crippen LogP contribution in [0.15, 0.2) is 11.6 Å². The Morgan fingerprint density at radius 3 is 2.61 bits per heavy atom. The minimum absolute atomic E-state index is 0.201. The highest BCUT2D eigenvalue weighted by atomic mass is 16.1. The molecule has 0 atom stereocenters. The molecule has 0 radical (unpaired) electrons. The summed E-state index contributed by atoms with van der Waals surface area (Å²) in [5.41, 5.74) is 6.50. The average Bonchev–Trinajstić information content (AvgIpc) is 2.33. The number of carbonyl (C=O) groups excluding carboxylic acids is 1. The van der Waals surface area contributed by atoms with E-state index < -0.39 is 0 Å². The maximum Gasteiger partial charge on any atom is 0.217 e. The number of carbonyl (C=O) groups is 1. The van der Waals surface area contributed by atoms with E-state index >= 15 is 0 Å². The first-order valence-corrected chi connectivity index (χ1v) is 6.95. The largest absolute Gasteiger partial charge is 0.370 e. The van der Waals surface area contributed by atoms with Crippen LogP contribution in [0, 0.1) is 0 Å². The van der Waals surface area contributed by atoms with Crippen molar-refractivity contribution in [2.45, 2.75) is 45.6 Å². The average molecular weight is 253 g/mol. The zero-order chi connectivity index (χ0) is 13.4. The Kier molecular flexibility index (Phi) is 6.98. The van der Waals surface area contributed by atoms with E-state index in [4.69, 9.17) is 5.73 Å². The van der Waals surface area contributed by atoms with Gasteiger partial charge >= 0.3 is 0 Å². The normalized spacial score (nSPS) is 17.7. The van der Waals surface area contributed by atoms with Gasteiger partial charge in [0.1, 0.15) is 0 Å². The summed E-state index contributed by atoms with van der Waals surface area (Å²) in [5.74, 6) is -0.201. The third kappa shape index (κ3) is 6.77. The monoisotopic (exact) mass is 253 g/mol. The van der Waals surface area contributed by atoms with E-state index in [1.54, 1.807) is 0 Å². The molecule has 3 N–H and O–H groups in total. The summed E-state index contributed by atoms with van der Waals surface area (Å²) in [6.07, 6.45) is 6.04. The lowest BCUT2D eigenvalue weighted by Crippen LogP contribution is -2.42. The van der Waals surface area contributed by atoms with Crippen LogP contribution in [0.4, 0.5) is 0 Å². The molecule has 0 bridgehead atoms. The summed E-state index contributed by atoms with van der Waals surface area (Å²) in [6.45, 7) is 8.60. The van der Waals surface area contributed by atoms with Crippen LogP contribution in [0.5, 0.6) is 0 Å². The third-order valence-electron chi connectivity index (χ3n) is 3.38. The van der Waals surface area contributed by atoms with Crippen molar-refractivity contribution in [3.8, 4) is 0 Å². The maximum absolute atomic E-state index is 10.6. The summed E-state index contributed by atoms with van der Waals surface area (Å²) in [7, 11) is 0. The third-order valence-corrected chi connectivity index (χ3v) is 3.38. The Bertz CT molecular complexity index is 277. The van der Waals surface area contributed by atoms with Crippen molar-refractivity contribution in [2.24, 2.45) is 5.73 Å². The van der Waals surface area contributed by atoms with Crippen molar-refractivity contribution < 1.29 is 4.79 Å². The van der Waals surface area contributed by atoms with Gasteiger partial charge in [-0.2, -0.15) is 0 Å². The highest BCUT2D eigenvalue weighted by molar-refractivity contribution is 5.73. The predicted octanol–water partition coefficient (Wildman–Crippen LogP) is 1.27. The highest BCUT2D eigenvalue weighted by Crippen LogP contribution is 2.10. The van der Waals surface area contributed by atoms with Crippen molar-refractivity contribution in [1.29, 1.82) is 0 Å². The number of allylic oxidation sites excluding steroid dienone is 1. The second-order valence-electron chi connectivity index (χ2n) is 5.38. The van der Waals surface area contributed by atoms with Gasteiger partial charge in [-0.15, -0.1) is 0 Å². The zero-order valence-electron chi connectivity index (χ0n) is 11.7. The molecule has 1 aliphatic heterocycles. The van der Waals surface area contributed by atoms with Crippen LogP contribution >= 0.6 is 0 Å². The second-order valence-corrected chi connectivity index (χ2v) is 5.38. The number of likely N-dealkylation sites (tertiary alicyclic amines) is 1. The number of piperidine rings is 1. The molecular formula is C14H27N3O. The Morgan fingerprint density at radius 1 is 1.39 bits per heavy atom. The molecule has 0 aromatic heterocycles. The Labute approximate surface area is 111 Å². The zero-order valence-corrected chi connectivity index (χ0v) is 11.7. The number of nitrogens with zero attached hydrogens (tertiary/aromatic N) is 1. The summed E-state index contributed by atoms with van der Waals surface area (Å²) in [6, 6.07) is 0.612. The number of nitrogens with two attached hydrogens (primary N) is 1. The van der Waals surface area contributed by atoms with Crippen molar-refractivity contribution in [3.05, 3.63) is 11.6 Å². The molecule has 0 unspecified atom stereocenters. The lowest BCUT2D eigenvalue weighted by atomic mass is 10.0. The van der Waals surface area contributed by atoms with Crippen molar-refractivity contribution >= 4 is 5.91 Å². The standard InChI is InChI=1S/C14H27N3O/c1-12(2)5-9-17-10-6-13(7-11-17)16-8-3-4-14(15)18/h5,13,16H,3-4,6-11H2,1-2H3,(H2,15,18). The number of amides is 1. The fourth-order valence-corrected chi connectivity index (χ4v) is 2.20. The van der Waals surface area contributed by atoms with E-state index in [0.29, 0.717) is 12.5 Å². The summed E-state index contributed by atoms with van der Waals surface area (Å²) in [4.78, 5) is 13.1. The fraction of sp³-hybridized carbons (Fsp3) is 0.786. The van der Waals surface area contributed by atoms with Gasteiger partial charge in [0.2, 0.25) is 5.91 Å². The molecule has 0 aromatic rings. The minimum atomic E-state index is -0.201. The Hall–Kier alpha value is -0.870. The van der Waals surface area contributed by atoms with E-state index in [0.717, 1.165) is 32.6 Å². The maximum atomic E-state index is 10.6. The van der Waals surface area contributed by atoms with Gasteiger partial charge in [0.25, 0.3) is 0 Å². The lowest BCUT2D eigenvalue weighted by molar-refractivity contribution is -0.118. The van der Waals surface area contributed by atoms with Crippen LogP contribution in [-0.2, 0) is 4.79 Å². The quantitative estimate of drug-likeness (QED) is 0.531. The highest BCUT2D eigenvalue weighted by Gasteiger charge is 2.17. The molecule has 1 heterocycles. The molecule has 1 amide bonds. The van der Waals surface area contributed by atoms with E-state index in [9.17, 15) is 4.79 Å². The number of primary amides is 1. The molecule has 0 aromatic carbocycles. The Morgan fingerprint density at radius 2 is 2.06 bits per heavy atom. The van der Waals surface area contributed by atoms with E-state index in [1.165, 1.54) is 18.4 Å². The van der Waals surface area contributed by atoms with Crippen molar-refractivity contribution in [2.75, 3.05) is 26.2 Å². The summed E-state index contributed by atoms with van der Waals surface area (Å²) < 4.78 is 0. The smallest absolute Gasteiger partial charge is 0.217 e. The number of hydrogen-bond acceptors (Lipinski definition) is 3. The first-order chi connectivity index (χ1) is 8.58. The van der Waals surface area contributed by atoms with Crippen molar-refractivity contribution in [3.63, 3.8) is 0 Å². The van der Waals surface area contributed by atoms with E-state index in [-0.39, 0.29) is 5.91 Å². The van der Waals surface area contributed by atoms with Gasteiger partial charge in [-0.25, -0.2) is 0 Å². The van der Waals surface area contributed by atoms with Crippen molar-refractivity contribution in [1.82, 2.24) is 10.2 Å². The van der Waals surface area contributed by atoms with Crippen LogP contribution in [-0.4, -0.2) is 43.0 Å². The number of rotatable bonds is 7. The first-order valence-electron chi connectivity index (χ1n) is 6.95. The van der Waals surface area contributed by atoms with E-state index in [1.807, 2.05) is 0 Å². The van der Waals surface area contributed by atoms with Gasteiger partial charge in [-0.05, 0) is 52.7 Å². The molecule has 1 rings (SSSR count). The molecule has 4 nitrogen and oxygen atoms in total. The Balaban J connectivity index is 2.08. The van der Waals surface area contributed by atoms with Gasteiger partial charge in [-0.1, -0.05) is 11.6 Å². The van der Waals surface area contributed by atoms with Gasteiger partial charge < -0.3 is 11.1 Å². The van der Waals surface area contributed by atoms with Crippen LogP contribution in [0.3, 0.4) is 0 Å². The molecule has 1 fully saturated rings. The topological polar surface area (TPSA) is 58.4 Å². The molecule has 1 saturated heterocycles. The molecule has 104 valence electrons. The fourth-order valence-electron chi connectivity index (χ4n) is 2.20. The molecule has 18 heavy (non-hydrogen) atoms. The predicted molar refractivity (Wildman–Crippen MR) is 75.3 cm³/mol. The molecule has 0 aliphatic carbocycles. The second kappa shape index (κ2) is 8.27. The van der Waals surface area contributed by atoms with E-state index in [2.05, 4.69) is 30.1 Å². The SMILES string of the molecule is CC(C)=CCN1CCC(NCCCC(N)=O)CC1. The summed E-state index contributed by atoms with van der Waals surface area (Å²) >= 11 is 0. The van der Waals surface area contributed by atoms with Crippen LogP contribution in [0.2, 0.25) is 0 Å². The molecule has 0 spiro atoms. The lowest BCUT2D eigenvalue weighted by Gasteiger charge is -2.31. The van der Waals surface area contributed by atoms with Gasteiger partial charge in [0, 0.05) is 19.0 Å². The molecular weight excluding hydrogens is 226 g/mol. The van der Waals surface area contributed by atoms with Gasteiger partial charge in [0.05, 0.1) is 0 Å².